The van der Waals surface area contributed by atoms with Crippen molar-refractivity contribution in [2.45, 2.75) is 11.6 Å². The molecular weight excluding hydrogens is 272 g/mol. The summed E-state index contributed by atoms with van der Waals surface area (Å²) in [6.45, 7) is 0. The van der Waals surface area contributed by atoms with Crippen LogP contribution in [0.3, 0.4) is 0 Å². The smallest absolute Gasteiger partial charge is 0.746 e. The first kappa shape index (κ1) is 16.9. The standard InChI is InChI=1S/C8H7F3O4S.Na/c9-8(10,11)6-3-1-2-5(4-6)7(12)16(13,14)15;/h1-4,7,12H,(H,13,14,15);/q;+1/p-1. The molecule has 0 radical (unpaired) electrons. The number of aliphatic hydroxyl groups excluding tert-OH is 1. The Hall–Kier alpha value is -0.120. The van der Waals surface area contributed by atoms with Gasteiger partial charge in [0, 0.05) is 0 Å². The van der Waals surface area contributed by atoms with E-state index in [1.165, 1.54) is 0 Å². The Morgan fingerprint density at radius 3 is 2.24 bits per heavy atom. The normalized spacial score (nSPS) is 13.9. The molecule has 90 valence electrons. The Balaban J connectivity index is 0.00000256. The summed E-state index contributed by atoms with van der Waals surface area (Å²) >= 11 is 0. The van der Waals surface area contributed by atoms with E-state index in [9.17, 15) is 26.1 Å². The third-order valence-corrected chi connectivity index (χ3v) is 2.59. The maximum absolute atomic E-state index is 12.2. The summed E-state index contributed by atoms with van der Waals surface area (Å²) in [6, 6.07) is 2.95. The van der Waals surface area contributed by atoms with Crippen LogP contribution in [0.4, 0.5) is 13.2 Å². The van der Waals surface area contributed by atoms with Crippen molar-refractivity contribution in [3.63, 3.8) is 0 Å². The van der Waals surface area contributed by atoms with E-state index in [1.54, 1.807) is 0 Å². The largest absolute Gasteiger partial charge is 1.00 e. The van der Waals surface area contributed by atoms with Gasteiger partial charge in [0.2, 0.25) is 0 Å². The Bertz CT molecular complexity index is 486. The summed E-state index contributed by atoms with van der Waals surface area (Å²) < 4.78 is 67.9. The second-order valence-electron chi connectivity index (χ2n) is 2.97. The maximum Gasteiger partial charge on any atom is 1.00 e. The van der Waals surface area contributed by atoms with Gasteiger partial charge in [-0.25, -0.2) is 8.42 Å². The van der Waals surface area contributed by atoms with Crippen LogP contribution in [-0.4, -0.2) is 18.1 Å². The van der Waals surface area contributed by atoms with Crippen molar-refractivity contribution >= 4 is 10.1 Å². The van der Waals surface area contributed by atoms with Crippen molar-refractivity contribution in [2.24, 2.45) is 0 Å². The first-order chi connectivity index (χ1) is 7.12. The molecule has 1 unspecified atom stereocenters. The first-order valence-electron chi connectivity index (χ1n) is 3.92. The molecule has 9 heteroatoms. The van der Waals surface area contributed by atoms with E-state index < -0.39 is 32.9 Å². The van der Waals surface area contributed by atoms with E-state index in [-0.39, 0.29) is 29.6 Å². The van der Waals surface area contributed by atoms with Gasteiger partial charge in [0.15, 0.2) is 5.44 Å². The number of alkyl halides is 3. The van der Waals surface area contributed by atoms with Crippen LogP contribution in [0.5, 0.6) is 0 Å². The van der Waals surface area contributed by atoms with Crippen LogP contribution in [-0.2, 0) is 16.3 Å². The summed E-state index contributed by atoms with van der Waals surface area (Å²) in [5.74, 6) is 0. The van der Waals surface area contributed by atoms with Gasteiger partial charge in [-0.3, -0.25) is 0 Å². The molecule has 0 aliphatic rings. The molecule has 1 rings (SSSR count). The van der Waals surface area contributed by atoms with Gasteiger partial charge in [-0.2, -0.15) is 13.2 Å². The van der Waals surface area contributed by atoms with Gasteiger partial charge in [0.1, 0.15) is 10.1 Å². The van der Waals surface area contributed by atoms with Gasteiger partial charge in [-0.15, -0.1) is 0 Å². The molecule has 0 aliphatic heterocycles. The molecule has 0 aliphatic carbocycles. The topological polar surface area (TPSA) is 77.4 Å². The summed E-state index contributed by atoms with van der Waals surface area (Å²) in [4.78, 5) is 0. The monoisotopic (exact) mass is 278 g/mol. The predicted octanol–water partition coefficient (Wildman–Crippen LogP) is -1.75. The second-order valence-corrected chi connectivity index (χ2v) is 4.40. The van der Waals surface area contributed by atoms with Crippen LogP contribution < -0.4 is 29.6 Å². The van der Waals surface area contributed by atoms with Crippen LogP contribution in [0, 0.1) is 0 Å². The van der Waals surface area contributed by atoms with Crippen molar-refractivity contribution in [3.8, 4) is 0 Å². The fraction of sp³-hybridized carbons (Fsp3) is 0.250. The van der Waals surface area contributed by atoms with E-state index in [2.05, 4.69) is 0 Å². The minimum atomic E-state index is -5.08. The van der Waals surface area contributed by atoms with Crippen molar-refractivity contribution < 1.29 is 60.8 Å². The molecule has 0 spiro atoms. The van der Waals surface area contributed by atoms with Crippen molar-refractivity contribution in [1.82, 2.24) is 0 Å². The summed E-state index contributed by atoms with van der Waals surface area (Å²) in [5, 5.41) is 8.98. The van der Waals surface area contributed by atoms with Crippen molar-refractivity contribution in [2.75, 3.05) is 0 Å². The SMILES string of the molecule is O=S(=O)([O-])C(O)c1cccc(C(F)(F)F)c1.[Na+]. The fourth-order valence-corrected chi connectivity index (χ4v) is 1.52. The molecule has 0 saturated heterocycles. The third kappa shape index (κ3) is 4.57. The molecule has 0 heterocycles. The van der Waals surface area contributed by atoms with Gasteiger partial charge < -0.3 is 9.66 Å². The number of rotatable bonds is 2. The van der Waals surface area contributed by atoms with Crippen LogP contribution in [0.1, 0.15) is 16.6 Å². The molecular formula is C8H6F3NaO4S. The van der Waals surface area contributed by atoms with E-state index in [0.717, 1.165) is 12.1 Å². The Kier molecular flexibility index (Phi) is 5.64. The van der Waals surface area contributed by atoms with Gasteiger partial charge in [0.25, 0.3) is 0 Å². The molecule has 1 aromatic carbocycles. The van der Waals surface area contributed by atoms with Crippen LogP contribution >= 0.6 is 0 Å². The summed E-state index contributed by atoms with van der Waals surface area (Å²) in [5.41, 5.74) is -4.23. The van der Waals surface area contributed by atoms with Crippen LogP contribution in [0.2, 0.25) is 0 Å². The summed E-state index contributed by atoms with van der Waals surface area (Å²) in [7, 11) is -5.08. The molecule has 4 nitrogen and oxygen atoms in total. The molecule has 1 atom stereocenters. The Morgan fingerprint density at radius 2 is 1.82 bits per heavy atom. The molecule has 0 bridgehead atoms. The van der Waals surface area contributed by atoms with Gasteiger partial charge in [0.05, 0.1) is 5.56 Å². The predicted molar refractivity (Wildman–Crippen MR) is 46.1 cm³/mol. The van der Waals surface area contributed by atoms with Gasteiger partial charge >= 0.3 is 35.7 Å². The van der Waals surface area contributed by atoms with Crippen LogP contribution in [0.15, 0.2) is 24.3 Å². The number of aliphatic hydroxyl groups is 1. The average Bonchev–Trinajstić information content (AvgIpc) is 2.14. The van der Waals surface area contributed by atoms with Crippen molar-refractivity contribution in [1.29, 1.82) is 0 Å². The van der Waals surface area contributed by atoms with E-state index >= 15 is 0 Å². The number of hydrogen-bond acceptors (Lipinski definition) is 4. The van der Waals surface area contributed by atoms with Crippen LogP contribution in [0.25, 0.3) is 0 Å². The fourth-order valence-electron chi connectivity index (χ4n) is 1.04. The number of halogens is 3. The minimum absolute atomic E-state index is 0. The molecule has 1 N–H and O–H groups in total. The van der Waals surface area contributed by atoms with Gasteiger partial charge in [-0.05, 0) is 17.7 Å². The Labute approximate surface area is 117 Å². The molecule has 0 amide bonds. The zero-order valence-corrected chi connectivity index (χ0v) is 11.4. The molecule has 0 aromatic heterocycles. The first-order valence-corrected chi connectivity index (χ1v) is 5.39. The maximum atomic E-state index is 12.2. The van der Waals surface area contributed by atoms with Crippen molar-refractivity contribution in [3.05, 3.63) is 35.4 Å². The molecule has 0 saturated carbocycles. The molecule has 1 aromatic rings. The zero-order valence-electron chi connectivity index (χ0n) is 8.60. The Morgan fingerprint density at radius 1 is 1.29 bits per heavy atom. The summed E-state index contributed by atoms with van der Waals surface area (Å²) in [6.07, 6.45) is -4.66. The van der Waals surface area contributed by atoms with E-state index in [4.69, 9.17) is 5.11 Å². The quantitative estimate of drug-likeness (QED) is 0.514. The van der Waals surface area contributed by atoms with Gasteiger partial charge in [-0.1, -0.05) is 12.1 Å². The minimum Gasteiger partial charge on any atom is -0.746 e. The third-order valence-electron chi connectivity index (χ3n) is 1.77. The number of benzene rings is 1. The average molecular weight is 278 g/mol. The van der Waals surface area contributed by atoms with E-state index in [0.29, 0.717) is 12.1 Å². The second kappa shape index (κ2) is 5.68. The molecule has 0 fully saturated rings. The van der Waals surface area contributed by atoms with E-state index in [1.807, 2.05) is 0 Å². The molecule has 17 heavy (non-hydrogen) atoms. The zero-order chi connectivity index (χ0) is 12.6. The number of hydrogen-bond donors (Lipinski definition) is 1.